The summed E-state index contributed by atoms with van der Waals surface area (Å²) < 4.78 is 34.1. The Bertz CT molecular complexity index is 1340. The van der Waals surface area contributed by atoms with E-state index >= 15 is 0 Å². The third-order valence-electron chi connectivity index (χ3n) is 6.44. The topological polar surface area (TPSA) is 96.0 Å². The standard InChI is InChI=1S/C30H37N3O5S/c1-5-20-31-30(35)27(6-2)32(21-24-16-18-25(38-4)19-17-24)29(34)22-33(28-15-11-10-12-23(28)3)39(36,37)26-13-8-7-9-14-26/h7-19,27H,5-6,20-22H2,1-4H3,(H,31,35). The van der Waals surface area contributed by atoms with Gasteiger partial charge < -0.3 is 15.0 Å². The molecule has 0 saturated carbocycles. The molecule has 0 aromatic heterocycles. The molecule has 0 radical (unpaired) electrons. The molecule has 1 unspecified atom stereocenters. The van der Waals surface area contributed by atoms with Gasteiger partial charge in [-0.05, 0) is 61.2 Å². The molecule has 208 valence electrons. The largest absolute Gasteiger partial charge is 0.497 e. The number of hydrogen-bond donors (Lipinski definition) is 1. The van der Waals surface area contributed by atoms with E-state index in [2.05, 4.69) is 5.32 Å². The SMILES string of the molecule is CCCNC(=O)C(CC)N(Cc1ccc(OC)cc1)C(=O)CN(c1ccccc1C)S(=O)(=O)c1ccccc1. The van der Waals surface area contributed by atoms with Crippen LogP contribution in [0.3, 0.4) is 0 Å². The van der Waals surface area contributed by atoms with Crippen molar-refractivity contribution in [2.24, 2.45) is 0 Å². The van der Waals surface area contributed by atoms with Crippen LogP contribution in [0.15, 0.2) is 83.8 Å². The van der Waals surface area contributed by atoms with Gasteiger partial charge in [0.2, 0.25) is 11.8 Å². The number of para-hydroxylation sites is 1. The van der Waals surface area contributed by atoms with Crippen molar-refractivity contribution >= 4 is 27.5 Å². The van der Waals surface area contributed by atoms with Gasteiger partial charge in [-0.2, -0.15) is 0 Å². The quantitative estimate of drug-likeness (QED) is 0.337. The molecule has 0 saturated heterocycles. The fourth-order valence-electron chi connectivity index (χ4n) is 4.29. The molecule has 8 nitrogen and oxygen atoms in total. The summed E-state index contributed by atoms with van der Waals surface area (Å²) >= 11 is 0. The number of benzene rings is 3. The predicted molar refractivity (Wildman–Crippen MR) is 153 cm³/mol. The van der Waals surface area contributed by atoms with Crippen LogP contribution in [0.5, 0.6) is 5.75 Å². The number of methoxy groups -OCH3 is 1. The smallest absolute Gasteiger partial charge is 0.264 e. The highest BCUT2D eigenvalue weighted by molar-refractivity contribution is 7.92. The number of carbonyl (C=O) groups excluding carboxylic acids is 2. The number of anilines is 1. The third kappa shape index (κ3) is 7.38. The maximum absolute atomic E-state index is 14.0. The van der Waals surface area contributed by atoms with E-state index in [1.54, 1.807) is 62.6 Å². The van der Waals surface area contributed by atoms with Crippen molar-refractivity contribution in [3.63, 3.8) is 0 Å². The van der Waals surface area contributed by atoms with Gasteiger partial charge in [0.15, 0.2) is 0 Å². The van der Waals surface area contributed by atoms with Crippen molar-refractivity contribution < 1.29 is 22.7 Å². The lowest BCUT2D eigenvalue weighted by atomic mass is 10.1. The van der Waals surface area contributed by atoms with Crippen LogP contribution in [0.4, 0.5) is 5.69 Å². The first-order valence-electron chi connectivity index (χ1n) is 13.1. The second-order valence-corrected chi connectivity index (χ2v) is 11.1. The number of nitrogens with zero attached hydrogens (tertiary/aromatic N) is 2. The second-order valence-electron chi connectivity index (χ2n) is 9.20. The van der Waals surface area contributed by atoms with Gasteiger partial charge in [0.05, 0.1) is 17.7 Å². The number of rotatable bonds is 13. The first kappa shape index (κ1) is 29.7. The number of nitrogens with one attached hydrogen (secondary N) is 1. The minimum atomic E-state index is -4.09. The summed E-state index contributed by atoms with van der Waals surface area (Å²) in [6.45, 7) is 5.75. The van der Waals surface area contributed by atoms with Crippen LogP contribution in [-0.4, -0.2) is 51.4 Å². The minimum Gasteiger partial charge on any atom is -0.497 e. The Labute approximate surface area is 231 Å². The van der Waals surface area contributed by atoms with E-state index in [0.29, 0.717) is 30.0 Å². The highest BCUT2D eigenvalue weighted by atomic mass is 32.2. The van der Waals surface area contributed by atoms with Crippen molar-refractivity contribution in [1.82, 2.24) is 10.2 Å². The Kier molecular flexibility index (Phi) is 10.5. The van der Waals surface area contributed by atoms with E-state index in [1.807, 2.05) is 32.0 Å². The van der Waals surface area contributed by atoms with Gasteiger partial charge >= 0.3 is 0 Å². The van der Waals surface area contributed by atoms with Crippen LogP contribution in [0, 0.1) is 6.92 Å². The lowest BCUT2D eigenvalue weighted by molar-refractivity contribution is -0.140. The number of ether oxygens (including phenoxy) is 1. The third-order valence-corrected chi connectivity index (χ3v) is 8.22. The highest BCUT2D eigenvalue weighted by Crippen LogP contribution is 2.27. The molecule has 3 rings (SSSR count). The van der Waals surface area contributed by atoms with E-state index in [0.717, 1.165) is 16.3 Å². The van der Waals surface area contributed by atoms with E-state index in [-0.39, 0.29) is 17.3 Å². The van der Waals surface area contributed by atoms with Gasteiger partial charge in [-0.15, -0.1) is 0 Å². The molecule has 3 aromatic rings. The average Bonchev–Trinajstić information content (AvgIpc) is 2.95. The molecule has 1 N–H and O–H groups in total. The fourth-order valence-corrected chi connectivity index (χ4v) is 5.79. The summed E-state index contributed by atoms with van der Waals surface area (Å²) in [6, 6.07) is 21.5. The van der Waals surface area contributed by atoms with Gasteiger partial charge in [0.25, 0.3) is 10.0 Å². The van der Waals surface area contributed by atoms with Crippen LogP contribution >= 0.6 is 0 Å². The van der Waals surface area contributed by atoms with Gasteiger partial charge in [0.1, 0.15) is 18.3 Å². The molecule has 9 heteroatoms. The maximum atomic E-state index is 14.0. The normalized spacial score (nSPS) is 11.9. The van der Waals surface area contributed by atoms with Gasteiger partial charge in [-0.1, -0.05) is 62.4 Å². The Morgan fingerprint density at radius 2 is 1.56 bits per heavy atom. The van der Waals surface area contributed by atoms with Crippen molar-refractivity contribution in [2.45, 2.75) is 51.1 Å². The number of sulfonamides is 1. The molecule has 0 fully saturated rings. The van der Waals surface area contributed by atoms with E-state index < -0.39 is 28.5 Å². The van der Waals surface area contributed by atoms with E-state index in [1.165, 1.54) is 17.0 Å². The molecule has 2 amide bonds. The Morgan fingerprint density at radius 3 is 2.15 bits per heavy atom. The van der Waals surface area contributed by atoms with Crippen molar-refractivity contribution in [3.8, 4) is 5.75 Å². The van der Waals surface area contributed by atoms with E-state index in [4.69, 9.17) is 4.74 Å². The first-order valence-corrected chi connectivity index (χ1v) is 14.5. The molecule has 0 aliphatic carbocycles. The van der Waals surface area contributed by atoms with E-state index in [9.17, 15) is 18.0 Å². The summed E-state index contributed by atoms with van der Waals surface area (Å²) in [5.41, 5.74) is 1.90. The van der Waals surface area contributed by atoms with Crippen molar-refractivity contribution in [1.29, 1.82) is 0 Å². The Balaban J connectivity index is 2.04. The Hall–Kier alpha value is -3.85. The van der Waals surface area contributed by atoms with Gasteiger partial charge in [-0.25, -0.2) is 8.42 Å². The Morgan fingerprint density at radius 1 is 0.923 bits per heavy atom. The molecule has 0 heterocycles. The monoisotopic (exact) mass is 551 g/mol. The first-order chi connectivity index (χ1) is 18.7. The maximum Gasteiger partial charge on any atom is 0.264 e. The molecular weight excluding hydrogens is 514 g/mol. The van der Waals surface area contributed by atoms with Crippen LogP contribution in [0.2, 0.25) is 0 Å². The second kappa shape index (κ2) is 13.8. The zero-order valence-corrected chi connectivity index (χ0v) is 23.8. The summed E-state index contributed by atoms with van der Waals surface area (Å²) in [7, 11) is -2.51. The van der Waals surface area contributed by atoms with Crippen molar-refractivity contribution in [3.05, 3.63) is 90.0 Å². The number of amides is 2. The highest BCUT2D eigenvalue weighted by Gasteiger charge is 2.34. The molecule has 0 bridgehead atoms. The summed E-state index contributed by atoms with van der Waals surface area (Å²) in [4.78, 5) is 28.7. The van der Waals surface area contributed by atoms with Crippen molar-refractivity contribution in [2.75, 3.05) is 24.5 Å². The molecule has 0 aliphatic heterocycles. The zero-order chi connectivity index (χ0) is 28.4. The molecule has 0 aliphatic rings. The van der Waals surface area contributed by atoms with Crippen LogP contribution in [-0.2, 0) is 26.2 Å². The average molecular weight is 552 g/mol. The fraction of sp³-hybridized carbons (Fsp3) is 0.333. The minimum absolute atomic E-state index is 0.0792. The number of hydrogen-bond acceptors (Lipinski definition) is 5. The summed E-state index contributed by atoms with van der Waals surface area (Å²) in [5.74, 6) is -0.0781. The lowest BCUT2D eigenvalue weighted by Gasteiger charge is -2.33. The van der Waals surface area contributed by atoms with Crippen LogP contribution in [0.25, 0.3) is 0 Å². The van der Waals surface area contributed by atoms with Crippen LogP contribution < -0.4 is 14.4 Å². The summed E-state index contributed by atoms with van der Waals surface area (Å²) in [6.07, 6.45) is 1.12. The number of aryl methyl sites for hydroxylation is 1. The molecular formula is C30H37N3O5S. The molecule has 3 aromatic carbocycles. The molecule has 0 spiro atoms. The van der Waals surface area contributed by atoms with Crippen LogP contribution in [0.1, 0.15) is 37.8 Å². The van der Waals surface area contributed by atoms with Gasteiger partial charge in [0, 0.05) is 13.1 Å². The zero-order valence-electron chi connectivity index (χ0n) is 23.0. The summed E-state index contributed by atoms with van der Waals surface area (Å²) in [5, 5.41) is 2.89. The predicted octanol–water partition coefficient (Wildman–Crippen LogP) is 4.53. The molecule has 1 atom stereocenters. The van der Waals surface area contributed by atoms with Gasteiger partial charge in [-0.3, -0.25) is 13.9 Å². The molecule has 39 heavy (non-hydrogen) atoms. The number of carbonyl (C=O) groups is 2. The lowest BCUT2D eigenvalue weighted by Crippen LogP contribution is -2.52.